The number of fused-ring (bicyclic) bond motifs is 10. The lowest BCUT2D eigenvalue weighted by Crippen LogP contribution is -1.90. The zero-order chi connectivity index (χ0) is 33.2. The van der Waals surface area contributed by atoms with Crippen LogP contribution in [0.2, 0.25) is 0 Å². The Kier molecular flexibility index (Phi) is 5.29. The predicted octanol–water partition coefficient (Wildman–Crippen LogP) is 14.4. The maximum atomic E-state index is 6.93. The van der Waals surface area contributed by atoms with E-state index in [1.807, 2.05) is 0 Å². The minimum atomic E-state index is 0.912. The van der Waals surface area contributed by atoms with Crippen molar-refractivity contribution in [2.75, 3.05) is 0 Å². The van der Waals surface area contributed by atoms with Crippen LogP contribution in [0, 0.1) is 0 Å². The van der Waals surface area contributed by atoms with Gasteiger partial charge in [0.2, 0.25) is 0 Å². The molecule has 0 amide bonds. The normalized spacial score (nSPS) is 12.3. The van der Waals surface area contributed by atoms with Crippen LogP contribution in [0.25, 0.3) is 120 Å². The highest BCUT2D eigenvalue weighted by atomic mass is 16.3. The Hall–Kier alpha value is -6.70. The summed E-state index contributed by atoms with van der Waals surface area (Å²) in [6.07, 6.45) is 0. The largest absolute Gasteiger partial charge is 0.455 e. The third-order valence-corrected chi connectivity index (χ3v) is 11.3. The van der Waals surface area contributed by atoms with Gasteiger partial charge in [-0.1, -0.05) is 146 Å². The van der Waals surface area contributed by atoms with E-state index in [9.17, 15) is 0 Å². The average Bonchev–Trinajstić information content (AvgIpc) is 3.58. The van der Waals surface area contributed by atoms with E-state index in [-0.39, 0.29) is 0 Å². The summed E-state index contributed by atoms with van der Waals surface area (Å²) in [5.74, 6) is 0. The van der Waals surface area contributed by atoms with E-state index >= 15 is 0 Å². The first-order valence-electron chi connectivity index (χ1n) is 17.7. The first-order valence-corrected chi connectivity index (χ1v) is 17.7. The fourth-order valence-corrected chi connectivity index (χ4v) is 9.09. The monoisotopic (exact) mass is 644 g/mol. The molecular formula is C50H28O. The average molecular weight is 645 g/mol. The molecule has 0 N–H and O–H groups in total. The van der Waals surface area contributed by atoms with Gasteiger partial charge >= 0.3 is 0 Å². The summed E-state index contributed by atoms with van der Waals surface area (Å²) < 4.78 is 6.93. The lowest BCUT2D eigenvalue weighted by Gasteiger charge is -2.16. The highest BCUT2D eigenvalue weighted by Crippen LogP contribution is 2.47. The van der Waals surface area contributed by atoms with Gasteiger partial charge in [-0.2, -0.15) is 0 Å². The summed E-state index contributed by atoms with van der Waals surface area (Å²) in [6, 6.07) is 62.6. The first-order chi connectivity index (χ1) is 25.3. The molecule has 12 aromatic rings. The van der Waals surface area contributed by atoms with Gasteiger partial charge in [-0.05, 0) is 116 Å². The standard InChI is InChI=1S/C50H28O/c1-3-12-36-29(8-1)16-19-34-26-42(38-14-5-6-15-40(38)47(34)36)35-27-43(50-44(28-35)49-37-13-4-2-9-30(37)22-25-45(49)51-50)39-23-20-33-18-17-31-10-7-11-32-21-24-41(39)48(33)46(31)32/h1-28H. The molecule has 0 aliphatic heterocycles. The van der Waals surface area contributed by atoms with Crippen molar-refractivity contribution < 1.29 is 4.42 Å². The molecule has 0 fully saturated rings. The molecular weight excluding hydrogens is 617 g/mol. The number of rotatable bonds is 2. The Labute approximate surface area is 292 Å². The van der Waals surface area contributed by atoms with Crippen molar-refractivity contribution in [1.82, 2.24) is 0 Å². The lowest BCUT2D eigenvalue weighted by molar-refractivity contribution is 0.670. The number of hydrogen-bond donors (Lipinski definition) is 0. The van der Waals surface area contributed by atoms with Gasteiger partial charge in [-0.3, -0.25) is 0 Å². The lowest BCUT2D eigenvalue weighted by atomic mass is 9.86. The van der Waals surface area contributed by atoms with Crippen LogP contribution in [0.4, 0.5) is 0 Å². The second kappa shape index (κ2) is 9.94. The second-order valence-electron chi connectivity index (χ2n) is 14.0. The van der Waals surface area contributed by atoms with Crippen molar-refractivity contribution >= 4 is 97.3 Å². The Morgan fingerprint density at radius 2 is 0.863 bits per heavy atom. The van der Waals surface area contributed by atoms with Gasteiger partial charge in [0.15, 0.2) is 0 Å². The molecule has 0 saturated heterocycles. The van der Waals surface area contributed by atoms with E-state index in [4.69, 9.17) is 4.42 Å². The summed E-state index contributed by atoms with van der Waals surface area (Å²) in [5.41, 5.74) is 6.55. The third kappa shape index (κ3) is 3.70. The van der Waals surface area contributed by atoms with E-state index in [1.54, 1.807) is 0 Å². The summed E-state index contributed by atoms with van der Waals surface area (Å²) >= 11 is 0. The maximum absolute atomic E-state index is 6.93. The molecule has 1 nitrogen and oxygen atoms in total. The summed E-state index contributed by atoms with van der Waals surface area (Å²) in [6.45, 7) is 0. The van der Waals surface area contributed by atoms with E-state index < -0.39 is 0 Å². The second-order valence-corrected chi connectivity index (χ2v) is 14.0. The topological polar surface area (TPSA) is 13.1 Å². The molecule has 234 valence electrons. The van der Waals surface area contributed by atoms with Gasteiger partial charge in [0.05, 0.1) is 0 Å². The fourth-order valence-electron chi connectivity index (χ4n) is 9.09. The third-order valence-electron chi connectivity index (χ3n) is 11.3. The van der Waals surface area contributed by atoms with Gasteiger partial charge in [0.1, 0.15) is 11.2 Å². The highest BCUT2D eigenvalue weighted by Gasteiger charge is 2.21. The van der Waals surface area contributed by atoms with Gasteiger partial charge in [0, 0.05) is 16.3 Å². The van der Waals surface area contributed by atoms with Crippen LogP contribution in [-0.4, -0.2) is 0 Å². The minimum absolute atomic E-state index is 0.912. The zero-order valence-electron chi connectivity index (χ0n) is 27.6. The molecule has 1 heteroatoms. The molecule has 1 heterocycles. The molecule has 0 saturated carbocycles. The number of benzene rings is 11. The van der Waals surface area contributed by atoms with Crippen LogP contribution < -0.4 is 0 Å². The van der Waals surface area contributed by atoms with Gasteiger partial charge < -0.3 is 4.42 Å². The van der Waals surface area contributed by atoms with Gasteiger partial charge in [0.25, 0.3) is 0 Å². The van der Waals surface area contributed by atoms with Crippen LogP contribution in [0.5, 0.6) is 0 Å². The molecule has 51 heavy (non-hydrogen) atoms. The van der Waals surface area contributed by atoms with Crippen molar-refractivity contribution in [1.29, 1.82) is 0 Å². The first kappa shape index (κ1) is 27.2. The highest BCUT2D eigenvalue weighted by molar-refractivity contribution is 6.28. The molecule has 0 aliphatic carbocycles. The van der Waals surface area contributed by atoms with Crippen molar-refractivity contribution in [3.63, 3.8) is 0 Å². The predicted molar refractivity (Wildman–Crippen MR) is 218 cm³/mol. The summed E-state index contributed by atoms with van der Waals surface area (Å²) in [7, 11) is 0. The van der Waals surface area contributed by atoms with Crippen LogP contribution in [0.3, 0.4) is 0 Å². The fraction of sp³-hybridized carbons (Fsp3) is 0. The molecule has 0 radical (unpaired) electrons. The molecule has 0 atom stereocenters. The molecule has 0 spiro atoms. The molecule has 12 rings (SSSR count). The zero-order valence-corrected chi connectivity index (χ0v) is 27.6. The van der Waals surface area contributed by atoms with E-state index in [1.165, 1.54) is 97.5 Å². The molecule has 0 aliphatic rings. The minimum Gasteiger partial charge on any atom is -0.455 e. The van der Waals surface area contributed by atoms with E-state index in [0.29, 0.717) is 0 Å². The Morgan fingerprint density at radius 1 is 0.275 bits per heavy atom. The van der Waals surface area contributed by atoms with E-state index in [2.05, 4.69) is 170 Å². The van der Waals surface area contributed by atoms with Gasteiger partial charge in [-0.25, -0.2) is 0 Å². The van der Waals surface area contributed by atoms with Crippen LogP contribution in [0.15, 0.2) is 174 Å². The molecule has 1 aromatic heterocycles. The Balaban J connectivity index is 1.25. The van der Waals surface area contributed by atoms with Crippen molar-refractivity contribution in [2.45, 2.75) is 0 Å². The maximum Gasteiger partial charge on any atom is 0.143 e. The number of hydrogen-bond acceptors (Lipinski definition) is 1. The number of furan rings is 1. The Bertz CT molecular complexity index is 3400. The van der Waals surface area contributed by atoms with E-state index in [0.717, 1.165) is 22.1 Å². The van der Waals surface area contributed by atoms with Crippen molar-refractivity contribution in [3.05, 3.63) is 170 Å². The van der Waals surface area contributed by atoms with Crippen LogP contribution in [-0.2, 0) is 0 Å². The SMILES string of the molecule is c1ccc2c(c1)ccc1cc(-c3cc(-c4ccc5ccc6cccc7ccc4c5c67)c4oc5ccc6ccccc6c5c4c3)c3ccccc3c12. The molecule has 11 aromatic carbocycles. The van der Waals surface area contributed by atoms with Crippen molar-refractivity contribution in [3.8, 4) is 22.3 Å². The Morgan fingerprint density at radius 3 is 1.67 bits per heavy atom. The quantitative estimate of drug-likeness (QED) is 0.171. The van der Waals surface area contributed by atoms with Gasteiger partial charge in [-0.15, -0.1) is 0 Å². The summed E-state index contributed by atoms with van der Waals surface area (Å²) in [4.78, 5) is 0. The smallest absolute Gasteiger partial charge is 0.143 e. The molecule has 0 bridgehead atoms. The summed E-state index contributed by atoms with van der Waals surface area (Å²) in [5, 5.41) is 20.0. The van der Waals surface area contributed by atoms with Crippen molar-refractivity contribution in [2.24, 2.45) is 0 Å². The van der Waals surface area contributed by atoms with Crippen LogP contribution >= 0.6 is 0 Å². The molecule has 0 unspecified atom stereocenters. The van der Waals surface area contributed by atoms with Crippen LogP contribution in [0.1, 0.15) is 0 Å².